The zero-order chi connectivity index (χ0) is 24.6. The van der Waals surface area contributed by atoms with Crippen molar-refractivity contribution in [2.45, 2.75) is 29.9 Å². The maximum Gasteiger partial charge on any atom is 0.326 e. The van der Waals surface area contributed by atoms with Crippen molar-refractivity contribution >= 4 is 35.2 Å². The van der Waals surface area contributed by atoms with E-state index < -0.39 is 17.9 Å². The number of imidazole rings is 1. The van der Waals surface area contributed by atoms with Crippen molar-refractivity contribution in [2.75, 3.05) is 0 Å². The number of amides is 1. The molecule has 0 spiro atoms. The Morgan fingerprint density at radius 3 is 2.23 bits per heavy atom. The Morgan fingerprint density at radius 1 is 0.943 bits per heavy atom. The van der Waals surface area contributed by atoms with Crippen molar-refractivity contribution in [1.82, 2.24) is 14.9 Å². The molecule has 35 heavy (non-hydrogen) atoms. The molecular formula is C27H24ClN3O3S. The molecule has 3 aromatic carbocycles. The van der Waals surface area contributed by atoms with Crippen molar-refractivity contribution in [3.05, 3.63) is 119 Å². The first-order chi connectivity index (χ1) is 17.0. The van der Waals surface area contributed by atoms with Crippen LogP contribution in [0.3, 0.4) is 0 Å². The van der Waals surface area contributed by atoms with Crippen molar-refractivity contribution in [3.8, 4) is 0 Å². The van der Waals surface area contributed by atoms with Crippen LogP contribution in [-0.2, 0) is 23.5 Å². The first-order valence-electron chi connectivity index (χ1n) is 11.0. The largest absolute Gasteiger partial charge is 0.480 e. The Bertz CT molecular complexity index is 1300. The molecule has 0 radical (unpaired) electrons. The molecule has 0 aliphatic carbocycles. The molecule has 2 N–H and O–H groups in total. The lowest BCUT2D eigenvalue weighted by Gasteiger charge is -2.17. The highest BCUT2D eigenvalue weighted by atomic mass is 35.5. The number of hydrogen-bond donors (Lipinski definition) is 2. The molecule has 1 atom stereocenters. The van der Waals surface area contributed by atoms with Gasteiger partial charge in [0.25, 0.3) is 5.91 Å². The SMILES string of the molecule is O=C(N[C@@H](Cc1ccccc1)C(=O)O)c1cnc(SCc2ccccc2)n1Cc1ccccc1Cl. The average molecular weight is 506 g/mol. The van der Waals surface area contributed by atoms with Gasteiger partial charge in [0.15, 0.2) is 5.16 Å². The van der Waals surface area contributed by atoms with Gasteiger partial charge in [0.1, 0.15) is 11.7 Å². The van der Waals surface area contributed by atoms with Crippen molar-refractivity contribution in [2.24, 2.45) is 0 Å². The molecule has 1 heterocycles. The normalized spacial score (nSPS) is 11.7. The predicted octanol–water partition coefficient (Wildman–Crippen LogP) is 5.30. The quantitative estimate of drug-likeness (QED) is 0.286. The Balaban J connectivity index is 1.59. The van der Waals surface area contributed by atoms with Gasteiger partial charge in [0.2, 0.25) is 0 Å². The molecule has 6 nitrogen and oxygen atoms in total. The number of carboxylic acid groups (broad SMARTS) is 1. The summed E-state index contributed by atoms with van der Waals surface area (Å²) in [5, 5.41) is 13.6. The summed E-state index contributed by atoms with van der Waals surface area (Å²) in [4.78, 5) is 29.6. The Hall–Kier alpha value is -3.55. The van der Waals surface area contributed by atoms with Crippen LogP contribution in [0.4, 0.5) is 0 Å². The van der Waals surface area contributed by atoms with Crippen LogP contribution < -0.4 is 5.32 Å². The fourth-order valence-electron chi connectivity index (χ4n) is 3.61. The molecule has 178 valence electrons. The van der Waals surface area contributed by atoms with E-state index in [1.807, 2.05) is 78.9 Å². The number of carboxylic acids is 1. The van der Waals surface area contributed by atoms with Gasteiger partial charge in [0, 0.05) is 17.2 Å². The molecule has 0 bridgehead atoms. The molecule has 0 aliphatic rings. The Labute approximate surface area is 213 Å². The summed E-state index contributed by atoms with van der Waals surface area (Å²) in [6.07, 6.45) is 1.66. The van der Waals surface area contributed by atoms with Crippen molar-refractivity contribution < 1.29 is 14.7 Å². The number of nitrogens with zero attached hydrogens (tertiary/aromatic N) is 2. The van der Waals surface area contributed by atoms with Gasteiger partial charge in [-0.1, -0.05) is 102 Å². The fourth-order valence-corrected chi connectivity index (χ4v) is 4.74. The third-order valence-corrected chi connectivity index (χ3v) is 6.87. The summed E-state index contributed by atoms with van der Waals surface area (Å²) < 4.78 is 1.78. The number of carbonyl (C=O) groups excluding carboxylic acids is 1. The van der Waals surface area contributed by atoms with Crippen LogP contribution in [-0.4, -0.2) is 32.6 Å². The number of carbonyl (C=O) groups is 2. The number of rotatable bonds is 10. The summed E-state index contributed by atoms with van der Waals surface area (Å²) in [6, 6.07) is 25.5. The number of benzene rings is 3. The van der Waals surface area contributed by atoms with Crippen LogP contribution in [0, 0.1) is 0 Å². The van der Waals surface area contributed by atoms with Crippen LogP contribution >= 0.6 is 23.4 Å². The molecule has 0 saturated heterocycles. The van der Waals surface area contributed by atoms with Gasteiger partial charge in [0.05, 0.1) is 12.7 Å². The maximum absolute atomic E-state index is 13.3. The molecular weight excluding hydrogens is 482 g/mol. The zero-order valence-electron chi connectivity index (χ0n) is 18.8. The van der Waals surface area contributed by atoms with E-state index in [-0.39, 0.29) is 12.1 Å². The van der Waals surface area contributed by atoms with Crippen LogP contribution in [0.15, 0.2) is 96.3 Å². The number of halogens is 1. The second-order valence-electron chi connectivity index (χ2n) is 7.93. The number of aliphatic carboxylic acids is 1. The maximum atomic E-state index is 13.3. The fraction of sp³-hybridized carbons (Fsp3) is 0.148. The van der Waals surface area contributed by atoms with Gasteiger partial charge in [-0.05, 0) is 22.8 Å². The highest BCUT2D eigenvalue weighted by molar-refractivity contribution is 7.98. The monoisotopic (exact) mass is 505 g/mol. The summed E-state index contributed by atoms with van der Waals surface area (Å²) in [5.41, 5.74) is 3.06. The minimum absolute atomic E-state index is 0.177. The summed E-state index contributed by atoms with van der Waals surface area (Å²) in [6.45, 7) is 0.329. The zero-order valence-corrected chi connectivity index (χ0v) is 20.4. The second-order valence-corrected chi connectivity index (χ2v) is 9.28. The van der Waals surface area contributed by atoms with E-state index >= 15 is 0 Å². The molecule has 1 amide bonds. The van der Waals surface area contributed by atoms with E-state index in [9.17, 15) is 14.7 Å². The molecule has 4 aromatic rings. The lowest BCUT2D eigenvalue weighted by molar-refractivity contribution is -0.139. The van der Waals surface area contributed by atoms with E-state index in [1.54, 1.807) is 10.6 Å². The number of hydrogen-bond acceptors (Lipinski definition) is 4. The number of thioether (sulfide) groups is 1. The average Bonchev–Trinajstić information content (AvgIpc) is 3.27. The lowest BCUT2D eigenvalue weighted by Crippen LogP contribution is -2.43. The van der Waals surface area contributed by atoms with Gasteiger partial charge in [-0.2, -0.15) is 0 Å². The summed E-state index contributed by atoms with van der Waals surface area (Å²) in [5.74, 6) is -0.926. The van der Waals surface area contributed by atoms with E-state index in [1.165, 1.54) is 18.0 Å². The Morgan fingerprint density at radius 2 is 1.57 bits per heavy atom. The number of nitrogens with one attached hydrogen (secondary N) is 1. The van der Waals surface area contributed by atoms with Crippen LogP contribution in [0.2, 0.25) is 5.02 Å². The topological polar surface area (TPSA) is 84.2 Å². The third kappa shape index (κ3) is 6.53. The van der Waals surface area contributed by atoms with Gasteiger partial charge in [-0.25, -0.2) is 9.78 Å². The second kappa shape index (κ2) is 11.7. The first-order valence-corrected chi connectivity index (χ1v) is 12.4. The van der Waals surface area contributed by atoms with Gasteiger partial charge in [-0.3, -0.25) is 4.79 Å². The van der Waals surface area contributed by atoms with E-state index in [2.05, 4.69) is 10.3 Å². The minimum Gasteiger partial charge on any atom is -0.480 e. The van der Waals surface area contributed by atoms with Crippen molar-refractivity contribution in [1.29, 1.82) is 0 Å². The highest BCUT2D eigenvalue weighted by Crippen LogP contribution is 2.26. The predicted molar refractivity (Wildman–Crippen MR) is 138 cm³/mol. The molecule has 0 saturated carbocycles. The molecule has 4 rings (SSSR count). The Kier molecular flexibility index (Phi) is 8.23. The first kappa shape index (κ1) is 24.6. The van der Waals surface area contributed by atoms with Crippen LogP contribution in [0.1, 0.15) is 27.2 Å². The van der Waals surface area contributed by atoms with Crippen LogP contribution in [0.25, 0.3) is 0 Å². The van der Waals surface area contributed by atoms with Gasteiger partial charge < -0.3 is 15.0 Å². The molecule has 0 unspecified atom stereocenters. The van der Waals surface area contributed by atoms with Gasteiger partial charge >= 0.3 is 5.97 Å². The van der Waals surface area contributed by atoms with E-state index in [4.69, 9.17) is 11.6 Å². The van der Waals surface area contributed by atoms with E-state index in [0.717, 1.165) is 16.7 Å². The standard InChI is InChI=1S/C27H24ClN3O3S/c28-22-14-8-7-13-21(22)17-31-24(16-29-27(31)35-18-20-11-5-2-6-12-20)25(32)30-23(26(33)34)15-19-9-3-1-4-10-19/h1-14,16,23H,15,17-18H2,(H,30,32)(H,33,34)/t23-/m0/s1. The van der Waals surface area contributed by atoms with Crippen LogP contribution in [0.5, 0.6) is 0 Å². The van der Waals surface area contributed by atoms with E-state index in [0.29, 0.717) is 22.5 Å². The molecule has 0 fully saturated rings. The minimum atomic E-state index is -1.10. The highest BCUT2D eigenvalue weighted by Gasteiger charge is 2.24. The molecule has 8 heteroatoms. The third-order valence-electron chi connectivity index (χ3n) is 5.43. The summed E-state index contributed by atoms with van der Waals surface area (Å²) in [7, 11) is 0. The smallest absolute Gasteiger partial charge is 0.326 e. The lowest BCUT2D eigenvalue weighted by atomic mass is 10.1. The summed E-state index contributed by atoms with van der Waals surface area (Å²) >= 11 is 7.90. The molecule has 1 aromatic heterocycles. The van der Waals surface area contributed by atoms with Crippen molar-refractivity contribution in [3.63, 3.8) is 0 Å². The number of aromatic nitrogens is 2. The van der Waals surface area contributed by atoms with Gasteiger partial charge in [-0.15, -0.1) is 0 Å². The molecule has 0 aliphatic heterocycles.